The van der Waals surface area contributed by atoms with Crippen LogP contribution in [-0.2, 0) is 0 Å². The van der Waals surface area contributed by atoms with Gasteiger partial charge in [-0.15, -0.1) is 0 Å². The highest BCUT2D eigenvalue weighted by atomic mass is 16.3. The molecule has 1 fully saturated rings. The van der Waals surface area contributed by atoms with Crippen LogP contribution < -0.4 is 5.32 Å². The molecule has 1 aromatic rings. The molecule has 1 aromatic carbocycles. The number of rotatable bonds is 4. The lowest BCUT2D eigenvalue weighted by Crippen LogP contribution is -2.41. The van der Waals surface area contributed by atoms with Gasteiger partial charge in [0.05, 0.1) is 12.6 Å². The van der Waals surface area contributed by atoms with Crippen LogP contribution in [0.1, 0.15) is 44.7 Å². The molecule has 0 aromatic heterocycles. The van der Waals surface area contributed by atoms with Crippen LogP contribution in [0.2, 0.25) is 0 Å². The maximum atomic E-state index is 9.55. The second kappa shape index (κ2) is 5.19. The molecule has 94 valence electrons. The second-order valence-corrected chi connectivity index (χ2v) is 5.75. The Kier molecular flexibility index (Phi) is 3.85. The maximum absolute atomic E-state index is 9.55. The Morgan fingerprint density at radius 1 is 1.35 bits per heavy atom. The quantitative estimate of drug-likeness (QED) is 0.838. The summed E-state index contributed by atoms with van der Waals surface area (Å²) in [6.45, 7) is 4.80. The Balaban J connectivity index is 2.06. The van der Waals surface area contributed by atoms with Crippen molar-refractivity contribution in [2.24, 2.45) is 5.41 Å². The van der Waals surface area contributed by atoms with Crippen LogP contribution in [0.5, 0.6) is 0 Å². The normalized spacial score (nSPS) is 24.8. The second-order valence-electron chi connectivity index (χ2n) is 5.75. The molecule has 17 heavy (non-hydrogen) atoms. The van der Waals surface area contributed by atoms with Crippen molar-refractivity contribution in [3.63, 3.8) is 0 Å². The molecule has 1 unspecified atom stereocenters. The van der Waals surface area contributed by atoms with Crippen LogP contribution in [-0.4, -0.2) is 17.8 Å². The molecule has 1 aliphatic rings. The molecule has 0 bridgehead atoms. The number of nitrogens with one attached hydrogen (secondary N) is 1. The standard InChI is InChI=1S/C15H23NO/c1-15(2)10-6-9-14(15)16-13(11-17)12-7-4-3-5-8-12/h3-5,7-8,13-14,16-17H,6,9-11H2,1-2H3/t13-,14?/m1/s1. The van der Waals surface area contributed by atoms with E-state index in [1.807, 2.05) is 18.2 Å². The van der Waals surface area contributed by atoms with Crippen LogP contribution in [0.4, 0.5) is 0 Å². The van der Waals surface area contributed by atoms with Crippen molar-refractivity contribution in [2.75, 3.05) is 6.61 Å². The van der Waals surface area contributed by atoms with E-state index in [1.54, 1.807) is 0 Å². The van der Waals surface area contributed by atoms with Crippen LogP contribution in [0, 0.1) is 5.41 Å². The van der Waals surface area contributed by atoms with E-state index in [2.05, 4.69) is 31.3 Å². The number of hydrogen-bond acceptors (Lipinski definition) is 2. The van der Waals surface area contributed by atoms with Gasteiger partial charge in [-0.1, -0.05) is 50.6 Å². The zero-order chi connectivity index (χ0) is 12.3. The van der Waals surface area contributed by atoms with E-state index in [9.17, 15) is 5.11 Å². The summed E-state index contributed by atoms with van der Waals surface area (Å²) in [6.07, 6.45) is 3.78. The van der Waals surface area contributed by atoms with E-state index in [-0.39, 0.29) is 12.6 Å². The molecule has 0 spiro atoms. The summed E-state index contributed by atoms with van der Waals surface area (Å²) < 4.78 is 0. The van der Waals surface area contributed by atoms with Crippen molar-refractivity contribution in [1.29, 1.82) is 0 Å². The highest BCUT2D eigenvalue weighted by molar-refractivity contribution is 5.19. The molecule has 1 aliphatic carbocycles. The lowest BCUT2D eigenvalue weighted by atomic mass is 9.86. The van der Waals surface area contributed by atoms with Crippen LogP contribution in [0.15, 0.2) is 30.3 Å². The highest BCUT2D eigenvalue weighted by Crippen LogP contribution is 2.38. The first-order valence-electron chi connectivity index (χ1n) is 6.55. The molecule has 0 saturated heterocycles. The van der Waals surface area contributed by atoms with Gasteiger partial charge in [0.15, 0.2) is 0 Å². The predicted molar refractivity (Wildman–Crippen MR) is 70.8 cm³/mol. The number of hydrogen-bond donors (Lipinski definition) is 2. The molecule has 2 rings (SSSR count). The largest absolute Gasteiger partial charge is 0.394 e. The Labute approximate surface area is 104 Å². The number of aliphatic hydroxyl groups is 1. The van der Waals surface area contributed by atoms with E-state index in [4.69, 9.17) is 0 Å². The molecule has 2 heteroatoms. The van der Waals surface area contributed by atoms with Gasteiger partial charge in [0, 0.05) is 6.04 Å². The summed E-state index contributed by atoms with van der Waals surface area (Å²) in [5.41, 5.74) is 1.53. The van der Waals surface area contributed by atoms with E-state index >= 15 is 0 Å². The van der Waals surface area contributed by atoms with Crippen LogP contribution in [0.25, 0.3) is 0 Å². The monoisotopic (exact) mass is 233 g/mol. The zero-order valence-corrected chi connectivity index (χ0v) is 10.8. The Bertz CT molecular complexity index is 347. The smallest absolute Gasteiger partial charge is 0.0626 e. The lowest BCUT2D eigenvalue weighted by Gasteiger charge is -2.31. The van der Waals surface area contributed by atoms with Crippen molar-refractivity contribution in [3.8, 4) is 0 Å². The molecular formula is C15H23NO. The van der Waals surface area contributed by atoms with Gasteiger partial charge in [-0.2, -0.15) is 0 Å². The first-order chi connectivity index (χ1) is 8.13. The SMILES string of the molecule is CC1(C)CCCC1N[C@H](CO)c1ccccc1. The zero-order valence-electron chi connectivity index (χ0n) is 10.8. The lowest BCUT2D eigenvalue weighted by molar-refractivity contribution is 0.198. The van der Waals surface area contributed by atoms with E-state index in [0.717, 1.165) is 0 Å². The van der Waals surface area contributed by atoms with Crippen molar-refractivity contribution < 1.29 is 5.11 Å². The minimum absolute atomic E-state index is 0.0681. The third kappa shape index (κ3) is 2.88. The maximum Gasteiger partial charge on any atom is 0.0626 e. The predicted octanol–water partition coefficient (Wildman–Crippen LogP) is 2.89. The van der Waals surface area contributed by atoms with Crippen molar-refractivity contribution in [2.45, 2.75) is 45.2 Å². The molecule has 2 atom stereocenters. The molecular weight excluding hydrogens is 210 g/mol. The third-order valence-corrected chi connectivity index (χ3v) is 4.04. The Morgan fingerprint density at radius 3 is 2.59 bits per heavy atom. The Morgan fingerprint density at radius 2 is 2.06 bits per heavy atom. The van der Waals surface area contributed by atoms with Crippen LogP contribution >= 0.6 is 0 Å². The van der Waals surface area contributed by atoms with Gasteiger partial charge in [0.25, 0.3) is 0 Å². The number of aliphatic hydroxyl groups excluding tert-OH is 1. The van der Waals surface area contributed by atoms with Gasteiger partial charge in [0.1, 0.15) is 0 Å². The minimum Gasteiger partial charge on any atom is -0.394 e. The summed E-state index contributed by atoms with van der Waals surface area (Å²) in [5.74, 6) is 0. The molecule has 0 amide bonds. The van der Waals surface area contributed by atoms with Crippen LogP contribution in [0.3, 0.4) is 0 Å². The summed E-state index contributed by atoms with van der Waals surface area (Å²) in [4.78, 5) is 0. The average molecular weight is 233 g/mol. The number of benzene rings is 1. The van der Waals surface area contributed by atoms with E-state index in [0.29, 0.717) is 11.5 Å². The summed E-state index contributed by atoms with van der Waals surface area (Å²) >= 11 is 0. The van der Waals surface area contributed by atoms with E-state index < -0.39 is 0 Å². The fraction of sp³-hybridized carbons (Fsp3) is 0.600. The van der Waals surface area contributed by atoms with Gasteiger partial charge < -0.3 is 10.4 Å². The van der Waals surface area contributed by atoms with Crippen molar-refractivity contribution >= 4 is 0 Å². The molecule has 0 radical (unpaired) electrons. The van der Waals surface area contributed by atoms with Crippen molar-refractivity contribution in [1.82, 2.24) is 5.32 Å². The molecule has 2 N–H and O–H groups in total. The summed E-state index contributed by atoms with van der Waals surface area (Å²) in [5, 5.41) is 13.2. The highest BCUT2D eigenvalue weighted by Gasteiger charge is 2.35. The van der Waals surface area contributed by atoms with Crippen molar-refractivity contribution in [3.05, 3.63) is 35.9 Å². The summed E-state index contributed by atoms with van der Waals surface area (Å²) in [6, 6.07) is 10.8. The molecule has 0 heterocycles. The topological polar surface area (TPSA) is 32.3 Å². The fourth-order valence-corrected chi connectivity index (χ4v) is 2.82. The Hall–Kier alpha value is -0.860. The third-order valence-electron chi connectivity index (χ3n) is 4.04. The van der Waals surface area contributed by atoms with E-state index in [1.165, 1.54) is 24.8 Å². The molecule has 2 nitrogen and oxygen atoms in total. The average Bonchev–Trinajstić information content (AvgIpc) is 2.66. The molecule has 0 aliphatic heterocycles. The van der Waals surface area contributed by atoms with Gasteiger partial charge in [0.2, 0.25) is 0 Å². The minimum atomic E-state index is 0.0681. The first-order valence-corrected chi connectivity index (χ1v) is 6.55. The summed E-state index contributed by atoms with van der Waals surface area (Å²) in [7, 11) is 0. The molecule has 1 saturated carbocycles. The fourth-order valence-electron chi connectivity index (χ4n) is 2.82. The van der Waals surface area contributed by atoms with Gasteiger partial charge >= 0.3 is 0 Å². The first kappa shape index (κ1) is 12.6. The van der Waals surface area contributed by atoms with Gasteiger partial charge in [-0.05, 0) is 23.8 Å². The van der Waals surface area contributed by atoms with Gasteiger partial charge in [-0.25, -0.2) is 0 Å². The van der Waals surface area contributed by atoms with Gasteiger partial charge in [-0.3, -0.25) is 0 Å².